The molecule has 0 radical (unpaired) electrons. The van der Waals surface area contributed by atoms with Crippen LogP contribution in [0, 0.1) is 18.3 Å². The number of piperidine rings is 2. The van der Waals surface area contributed by atoms with Gasteiger partial charge in [0, 0.05) is 55.0 Å². The fourth-order valence-electron chi connectivity index (χ4n) is 9.21. The first kappa shape index (κ1) is 38.8. The number of methoxy groups -OCH3 is 1. The van der Waals surface area contributed by atoms with Gasteiger partial charge in [0.15, 0.2) is 0 Å². The maximum absolute atomic E-state index is 13.6. The lowest BCUT2D eigenvalue weighted by atomic mass is 9.71. The van der Waals surface area contributed by atoms with Crippen molar-refractivity contribution in [3.05, 3.63) is 76.7 Å². The molecule has 8 rings (SSSR count). The second kappa shape index (κ2) is 16.5. The van der Waals surface area contributed by atoms with Crippen molar-refractivity contribution in [3.8, 4) is 5.75 Å². The standard InChI is InChI=1S/C43H51ClN8O5/c1-28-4-3-5-34(45-28)40(54)46-36-24-31-27-52(48-35(31)26-38(36)57-2)32-9-6-29(7-10-32)12-18-49-20-14-43(15-21-49)16-22-50(23-17-43)41(55)30-8-11-33(44)37(25-30)51-19-13-39(53)47-42(51)56/h3-5,8,11,24-27,29,32H,6-7,9-10,12-23H2,1-2H3,(H,46,54)(H,47,53,56)/t29-,32-. The van der Waals surface area contributed by atoms with E-state index in [2.05, 4.69) is 31.4 Å². The van der Waals surface area contributed by atoms with Crippen molar-refractivity contribution < 1.29 is 23.9 Å². The first-order chi connectivity index (χ1) is 27.6. The molecule has 4 aromatic rings. The Balaban J connectivity index is 0.783. The lowest BCUT2D eigenvalue weighted by Gasteiger charge is -2.47. The number of ether oxygens (including phenoxy) is 1. The number of hydrogen-bond donors (Lipinski definition) is 2. The summed E-state index contributed by atoms with van der Waals surface area (Å²) in [5.74, 6) is 0.648. The number of benzene rings is 2. The van der Waals surface area contributed by atoms with Crippen LogP contribution in [-0.4, -0.2) is 94.7 Å². The molecule has 0 bridgehead atoms. The molecule has 5 amide bonds. The van der Waals surface area contributed by atoms with Crippen LogP contribution >= 0.6 is 11.6 Å². The number of urea groups is 1. The van der Waals surface area contributed by atoms with E-state index in [1.165, 1.54) is 37.0 Å². The first-order valence-electron chi connectivity index (χ1n) is 20.3. The van der Waals surface area contributed by atoms with E-state index in [0.717, 1.165) is 75.0 Å². The first-order valence-corrected chi connectivity index (χ1v) is 20.7. The second-order valence-electron chi connectivity index (χ2n) is 16.4. The van der Waals surface area contributed by atoms with E-state index in [-0.39, 0.29) is 36.1 Å². The Labute approximate surface area is 338 Å². The number of aryl methyl sites for hydroxylation is 1. The number of imide groups is 1. The predicted molar refractivity (Wildman–Crippen MR) is 219 cm³/mol. The number of nitrogens with one attached hydrogen (secondary N) is 2. The van der Waals surface area contributed by atoms with Crippen molar-refractivity contribution in [2.75, 3.05) is 56.6 Å². The van der Waals surface area contributed by atoms with E-state index in [4.69, 9.17) is 21.4 Å². The molecule has 2 N–H and O–H groups in total. The van der Waals surface area contributed by atoms with Crippen LogP contribution in [0.5, 0.6) is 5.75 Å². The van der Waals surface area contributed by atoms with Gasteiger partial charge in [0.1, 0.15) is 11.4 Å². The zero-order chi connectivity index (χ0) is 39.7. The van der Waals surface area contributed by atoms with Gasteiger partial charge in [0.05, 0.1) is 35.1 Å². The summed E-state index contributed by atoms with van der Waals surface area (Å²) in [5, 5.41) is 11.6. The number of carbonyl (C=O) groups excluding carboxylic acids is 4. The molecule has 300 valence electrons. The minimum absolute atomic E-state index is 0.0452. The van der Waals surface area contributed by atoms with Crippen LogP contribution < -0.4 is 20.3 Å². The lowest BCUT2D eigenvalue weighted by molar-refractivity contribution is -0.120. The van der Waals surface area contributed by atoms with Crippen molar-refractivity contribution in [1.82, 2.24) is 29.9 Å². The van der Waals surface area contributed by atoms with Gasteiger partial charge in [-0.15, -0.1) is 0 Å². The number of rotatable bonds is 9. The molecule has 0 atom stereocenters. The van der Waals surface area contributed by atoms with Crippen LogP contribution in [0.15, 0.2) is 54.7 Å². The van der Waals surface area contributed by atoms with Gasteiger partial charge < -0.3 is 19.9 Å². The summed E-state index contributed by atoms with van der Waals surface area (Å²) in [7, 11) is 1.60. The van der Waals surface area contributed by atoms with Crippen LogP contribution in [0.2, 0.25) is 5.02 Å². The van der Waals surface area contributed by atoms with Crippen molar-refractivity contribution in [1.29, 1.82) is 0 Å². The van der Waals surface area contributed by atoms with Gasteiger partial charge in [0.25, 0.3) is 11.8 Å². The van der Waals surface area contributed by atoms with Crippen LogP contribution in [-0.2, 0) is 4.79 Å². The number of aromatic nitrogens is 3. The highest BCUT2D eigenvalue weighted by Gasteiger charge is 2.39. The molecular weight excluding hydrogens is 744 g/mol. The van der Waals surface area contributed by atoms with E-state index in [1.807, 2.05) is 36.1 Å². The van der Waals surface area contributed by atoms with Gasteiger partial charge >= 0.3 is 6.03 Å². The Hall–Kier alpha value is -5.01. The van der Waals surface area contributed by atoms with Crippen molar-refractivity contribution in [3.63, 3.8) is 0 Å². The normalized spacial score (nSPS) is 21.5. The van der Waals surface area contributed by atoms with Crippen LogP contribution in [0.25, 0.3) is 10.9 Å². The average molecular weight is 795 g/mol. The van der Waals surface area contributed by atoms with E-state index in [9.17, 15) is 19.2 Å². The Morgan fingerprint density at radius 1 is 0.965 bits per heavy atom. The maximum Gasteiger partial charge on any atom is 0.328 e. The van der Waals surface area contributed by atoms with Gasteiger partial charge in [-0.05, 0) is 132 Å². The molecule has 1 spiro atoms. The van der Waals surface area contributed by atoms with Crippen LogP contribution in [0.1, 0.15) is 96.8 Å². The zero-order valence-corrected chi connectivity index (χ0v) is 33.5. The second-order valence-corrected chi connectivity index (χ2v) is 16.8. The highest BCUT2D eigenvalue weighted by atomic mass is 35.5. The number of nitrogens with zero attached hydrogens (tertiary/aromatic N) is 6. The molecule has 57 heavy (non-hydrogen) atoms. The maximum atomic E-state index is 13.6. The summed E-state index contributed by atoms with van der Waals surface area (Å²) in [6.07, 6.45) is 12.4. The van der Waals surface area contributed by atoms with E-state index >= 15 is 0 Å². The summed E-state index contributed by atoms with van der Waals surface area (Å²) in [4.78, 5) is 60.9. The minimum atomic E-state index is -0.518. The number of fused-ring (bicyclic) bond motifs is 1. The molecule has 2 aromatic heterocycles. The third kappa shape index (κ3) is 8.50. The number of carbonyl (C=O) groups is 4. The highest BCUT2D eigenvalue weighted by Crippen LogP contribution is 2.42. The van der Waals surface area contributed by atoms with Crippen molar-refractivity contribution in [2.24, 2.45) is 11.3 Å². The molecule has 0 unspecified atom stereocenters. The van der Waals surface area contributed by atoms with E-state index < -0.39 is 6.03 Å². The fourth-order valence-corrected chi connectivity index (χ4v) is 9.43. The number of likely N-dealkylation sites (tertiary alicyclic amines) is 2. The summed E-state index contributed by atoms with van der Waals surface area (Å²) in [5.41, 5.74) is 3.84. The molecule has 5 heterocycles. The topological polar surface area (TPSA) is 142 Å². The summed E-state index contributed by atoms with van der Waals surface area (Å²) >= 11 is 6.43. The Morgan fingerprint density at radius 3 is 2.44 bits per heavy atom. The average Bonchev–Trinajstić information content (AvgIpc) is 3.64. The number of pyridine rings is 1. The molecule has 3 aliphatic heterocycles. The molecule has 14 heteroatoms. The molecule has 2 aromatic carbocycles. The van der Waals surface area contributed by atoms with Crippen LogP contribution in [0.3, 0.4) is 0 Å². The monoisotopic (exact) mass is 794 g/mol. The summed E-state index contributed by atoms with van der Waals surface area (Å²) in [6.45, 7) is 6.89. The third-order valence-corrected chi connectivity index (χ3v) is 13.1. The smallest absolute Gasteiger partial charge is 0.328 e. The molecule has 3 saturated heterocycles. The van der Waals surface area contributed by atoms with Gasteiger partial charge in [-0.1, -0.05) is 17.7 Å². The van der Waals surface area contributed by atoms with Gasteiger partial charge in [0.2, 0.25) is 5.91 Å². The molecule has 4 aliphatic rings. The molecule has 1 saturated carbocycles. The third-order valence-electron chi connectivity index (χ3n) is 12.8. The van der Waals surface area contributed by atoms with Gasteiger partial charge in [-0.3, -0.25) is 29.3 Å². The summed E-state index contributed by atoms with van der Waals surface area (Å²) in [6, 6.07) is 14.1. The fraction of sp³-hybridized carbons (Fsp3) is 0.488. The SMILES string of the molecule is COc1cc2nn([C@H]3CC[C@H](CCN4CCC5(CC4)CCN(C(=O)c4ccc(Cl)c(N6CCC(=O)NC6=O)c4)CC5)CC3)cc2cc1NC(=O)c1cccc(C)n1. The number of halogens is 1. The zero-order valence-electron chi connectivity index (χ0n) is 32.8. The van der Waals surface area contributed by atoms with Crippen molar-refractivity contribution in [2.45, 2.75) is 77.2 Å². The largest absolute Gasteiger partial charge is 0.494 e. The summed E-state index contributed by atoms with van der Waals surface area (Å²) < 4.78 is 7.74. The molecular formula is C43H51ClN8O5. The van der Waals surface area contributed by atoms with Crippen molar-refractivity contribution >= 4 is 57.6 Å². The number of anilines is 2. The lowest BCUT2D eigenvalue weighted by Crippen LogP contribution is -2.50. The number of amides is 5. The number of hydrogen-bond acceptors (Lipinski definition) is 8. The quantitative estimate of drug-likeness (QED) is 0.181. The molecule has 1 aliphatic carbocycles. The van der Waals surface area contributed by atoms with Gasteiger partial charge in [-0.25, -0.2) is 9.78 Å². The Bertz CT molecular complexity index is 2160. The molecule has 13 nitrogen and oxygen atoms in total. The van der Waals surface area contributed by atoms with E-state index in [1.54, 1.807) is 31.4 Å². The Kier molecular flexibility index (Phi) is 11.2. The predicted octanol–water partition coefficient (Wildman–Crippen LogP) is 7.24. The minimum Gasteiger partial charge on any atom is -0.494 e. The van der Waals surface area contributed by atoms with Gasteiger partial charge in [-0.2, -0.15) is 5.10 Å². The molecule has 4 fully saturated rings. The Morgan fingerprint density at radius 2 is 1.72 bits per heavy atom. The van der Waals surface area contributed by atoms with E-state index in [0.29, 0.717) is 45.4 Å². The highest BCUT2D eigenvalue weighted by molar-refractivity contribution is 6.34. The van der Waals surface area contributed by atoms with Crippen LogP contribution in [0.4, 0.5) is 16.2 Å².